The lowest BCUT2D eigenvalue weighted by molar-refractivity contribution is -0.359. The van der Waals surface area contributed by atoms with Crippen molar-refractivity contribution in [2.75, 3.05) is 51.0 Å². The lowest BCUT2D eigenvalue weighted by Gasteiger charge is -2.46. The van der Waals surface area contributed by atoms with Gasteiger partial charge >= 0.3 is 0 Å². The van der Waals surface area contributed by atoms with Crippen molar-refractivity contribution in [2.24, 2.45) is 10.2 Å². The number of ether oxygens (including phenoxy) is 5. The van der Waals surface area contributed by atoms with E-state index in [1.165, 1.54) is 0 Å². The Morgan fingerprint density at radius 3 is 2.00 bits per heavy atom. The average molecular weight is 680 g/mol. The van der Waals surface area contributed by atoms with E-state index in [0.717, 1.165) is 43.0 Å². The molecule has 15 heteroatoms. The molecule has 2 saturated heterocycles. The Bertz CT molecular complexity index is 1210. The van der Waals surface area contributed by atoms with Crippen LogP contribution in [0.25, 0.3) is 0 Å². The van der Waals surface area contributed by atoms with Crippen LogP contribution in [0.1, 0.15) is 26.2 Å². The standard InChI is InChI=1S/C33H49N3O12/c1-2-36(23-13-11-22(12-14-23)35-34-21-9-5-3-6-10-21)15-18-44-16-7-4-8-17-45-31-27(40)26(39)24(19-37)47-33(31)48-30-25(20-38)46-32(43)29(42)28(30)41/h3,5-6,9-14,24-33,37-43H,2,4,7-8,15-20H2,1H3/t24-,25-,26+,27+,28-,29-,30-,31-,32?,33+/m1/s1. The average Bonchev–Trinajstić information content (AvgIpc) is 3.11. The zero-order valence-electron chi connectivity index (χ0n) is 27.1. The molecule has 4 rings (SSSR count). The molecular formula is C33H49N3O12. The number of hydrogen-bond acceptors (Lipinski definition) is 15. The predicted molar refractivity (Wildman–Crippen MR) is 172 cm³/mol. The van der Waals surface area contributed by atoms with Crippen molar-refractivity contribution in [3.63, 3.8) is 0 Å². The highest BCUT2D eigenvalue weighted by molar-refractivity contribution is 5.52. The third-order valence-electron chi connectivity index (χ3n) is 8.34. The lowest BCUT2D eigenvalue weighted by Crippen LogP contribution is -2.64. The van der Waals surface area contributed by atoms with Gasteiger partial charge in [0.15, 0.2) is 12.6 Å². The molecule has 7 N–H and O–H groups in total. The predicted octanol–water partition coefficient (Wildman–Crippen LogP) is 0.756. The molecule has 2 fully saturated rings. The molecule has 15 nitrogen and oxygen atoms in total. The van der Waals surface area contributed by atoms with Gasteiger partial charge in [0.1, 0.15) is 48.8 Å². The molecule has 0 saturated carbocycles. The highest BCUT2D eigenvalue weighted by atomic mass is 16.7. The maximum atomic E-state index is 10.7. The van der Waals surface area contributed by atoms with Crippen LogP contribution in [-0.2, 0) is 23.7 Å². The van der Waals surface area contributed by atoms with Gasteiger partial charge < -0.3 is 64.3 Å². The van der Waals surface area contributed by atoms with Crippen LogP contribution >= 0.6 is 0 Å². The molecule has 268 valence electrons. The Morgan fingerprint density at radius 1 is 0.688 bits per heavy atom. The number of benzene rings is 2. The fourth-order valence-electron chi connectivity index (χ4n) is 5.52. The number of nitrogens with zero attached hydrogens (tertiary/aromatic N) is 3. The molecule has 0 amide bonds. The Labute approximate surface area is 279 Å². The van der Waals surface area contributed by atoms with Gasteiger partial charge in [0.2, 0.25) is 0 Å². The first-order valence-electron chi connectivity index (χ1n) is 16.4. The first-order valence-corrected chi connectivity index (χ1v) is 16.4. The van der Waals surface area contributed by atoms with Crippen molar-refractivity contribution < 1.29 is 59.4 Å². The van der Waals surface area contributed by atoms with Gasteiger partial charge in [-0.05, 0) is 62.6 Å². The van der Waals surface area contributed by atoms with E-state index in [-0.39, 0.29) is 6.61 Å². The molecule has 0 aliphatic carbocycles. The summed E-state index contributed by atoms with van der Waals surface area (Å²) in [5.74, 6) is 0. The number of azo groups is 1. The summed E-state index contributed by atoms with van der Waals surface area (Å²) in [6, 6.07) is 17.4. The monoisotopic (exact) mass is 679 g/mol. The normalized spacial score (nSPS) is 30.9. The maximum Gasteiger partial charge on any atom is 0.187 e. The van der Waals surface area contributed by atoms with Gasteiger partial charge in [-0.3, -0.25) is 0 Å². The quantitative estimate of drug-likeness (QED) is 0.0857. The number of hydrogen-bond donors (Lipinski definition) is 7. The van der Waals surface area contributed by atoms with Crippen LogP contribution in [0.15, 0.2) is 64.8 Å². The van der Waals surface area contributed by atoms with Crippen molar-refractivity contribution >= 4 is 17.1 Å². The molecule has 10 atom stereocenters. The Kier molecular flexibility index (Phi) is 15.5. The van der Waals surface area contributed by atoms with Crippen molar-refractivity contribution in [1.29, 1.82) is 0 Å². The SMILES string of the molecule is CCN(CCOCCCCCO[C@H]1[C@H](O[C@H]2[C@H](O)[C@@H](O)C(O)O[C@@H]2CO)O[C@H](CO)[C@H](O)[C@@H]1O)c1ccc(N=Nc2ccccc2)cc1. The minimum absolute atomic E-state index is 0.167. The minimum atomic E-state index is -1.75. The number of unbranched alkanes of at least 4 members (excludes halogenated alkanes) is 2. The van der Waals surface area contributed by atoms with Crippen molar-refractivity contribution in [3.8, 4) is 0 Å². The first kappa shape index (κ1) is 38.2. The van der Waals surface area contributed by atoms with E-state index in [2.05, 4.69) is 22.1 Å². The summed E-state index contributed by atoms with van der Waals surface area (Å²) in [6.45, 7) is 3.58. The lowest BCUT2D eigenvalue weighted by atomic mass is 9.97. The minimum Gasteiger partial charge on any atom is -0.394 e. The number of rotatable bonds is 18. The molecule has 0 aromatic heterocycles. The molecule has 2 aromatic carbocycles. The van der Waals surface area contributed by atoms with Crippen LogP contribution < -0.4 is 4.90 Å². The highest BCUT2D eigenvalue weighted by Crippen LogP contribution is 2.30. The second kappa shape index (κ2) is 19.5. The van der Waals surface area contributed by atoms with Crippen LogP contribution in [-0.4, -0.2) is 143 Å². The topological polar surface area (TPSA) is 216 Å². The largest absolute Gasteiger partial charge is 0.394 e. The van der Waals surface area contributed by atoms with Crippen molar-refractivity contribution in [3.05, 3.63) is 54.6 Å². The second-order valence-electron chi connectivity index (χ2n) is 11.7. The second-order valence-corrected chi connectivity index (χ2v) is 11.7. The van der Waals surface area contributed by atoms with E-state index in [9.17, 15) is 35.7 Å². The zero-order valence-corrected chi connectivity index (χ0v) is 27.1. The van der Waals surface area contributed by atoms with E-state index >= 15 is 0 Å². The maximum absolute atomic E-state index is 10.7. The van der Waals surface area contributed by atoms with Crippen molar-refractivity contribution in [2.45, 2.75) is 87.6 Å². The van der Waals surface area contributed by atoms with Gasteiger partial charge in [0, 0.05) is 32.0 Å². The molecule has 1 unspecified atom stereocenters. The Morgan fingerprint density at radius 2 is 1.33 bits per heavy atom. The van der Waals surface area contributed by atoms with E-state index in [1.54, 1.807) is 0 Å². The molecule has 2 aliphatic heterocycles. The Hall–Kier alpha value is -2.64. The third kappa shape index (κ3) is 10.4. The van der Waals surface area contributed by atoms with Crippen LogP contribution in [0.2, 0.25) is 0 Å². The van der Waals surface area contributed by atoms with Crippen molar-refractivity contribution in [1.82, 2.24) is 0 Å². The summed E-state index contributed by atoms with van der Waals surface area (Å²) >= 11 is 0. The van der Waals surface area contributed by atoms with Crippen LogP contribution in [0, 0.1) is 0 Å². The molecule has 0 radical (unpaired) electrons. The highest BCUT2D eigenvalue weighted by Gasteiger charge is 2.51. The molecule has 0 spiro atoms. The number of likely N-dealkylation sites (N-methyl/N-ethyl adjacent to an activating group) is 1. The van der Waals surface area contributed by atoms with Crippen LogP contribution in [0.5, 0.6) is 0 Å². The number of aliphatic hydroxyl groups is 7. The summed E-state index contributed by atoms with van der Waals surface area (Å²) in [5, 5.41) is 79.2. The fourth-order valence-corrected chi connectivity index (χ4v) is 5.52. The summed E-state index contributed by atoms with van der Waals surface area (Å²) in [6.07, 6.45) is -12.5. The first-order chi connectivity index (χ1) is 23.3. The van der Waals surface area contributed by atoms with Gasteiger partial charge in [-0.2, -0.15) is 10.2 Å². The summed E-state index contributed by atoms with van der Waals surface area (Å²) in [4.78, 5) is 2.21. The molecule has 48 heavy (non-hydrogen) atoms. The summed E-state index contributed by atoms with van der Waals surface area (Å²) in [7, 11) is 0. The summed E-state index contributed by atoms with van der Waals surface area (Å²) in [5.41, 5.74) is 2.63. The van der Waals surface area contributed by atoms with Gasteiger partial charge in [-0.25, -0.2) is 0 Å². The van der Waals surface area contributed by atoms with E-state index in [0.29, 0.717) is 19.6 Å². The zero-order chi connectivity index (χ0) is 34.5. The number of aliphatic hydroxyl groups excluding tert-OH is 7. The van der Waals surface area contributed by atoms with Gasteiger partial charge in [0.25, 0.3) is 0 Å². The van der Waals surface area contributed by atoms with E-state index in [1.807, 2.05) is 54.6 Å². The Balaban J connectivity index is 1.17. The van der Waals surface area contributed by atoms with E-state index < -0.39 is 74.6 Å². The van der Waals surface area contributed by atoms with E-state index in [4.69, 9.17) is 23.7 Å². The third-order valence-corrected chi connectivity index (χ3v) is 8.34. The smallest absolute Gasteiger partial charge is 0.187 e. The fraction of sp³-hybridized carbons (Fsp3) is 0.636. The van der Waals surface area contributed by atoms with Gasteiger partial charge in [-0.15, -0.1) is 0 Å². The van der Waals surface area contributed by atoms with Gasteiger partial charge in [0.05, 0.1) is 31.2 Å². The molecular weight excluding hydrogens is 630 g/mol. The van der Waals surface area contributed by atoms with Gasteiger partial charge in [-0.1, -0.05) is 18.2 Å². The molecule has 0 bridgehead atoms. The van der Waals surface area contributed by atoms with Crippen LogP contribution in [0.3, 0.4) is 0 Å². The molecule has 2 aliphatic rings. The summed E-state index contributed by atoms with van der Waals surface area (Å²) < 4.78 is 28.2. The molecule has 2 aromatic rings. The number of anilines is 1. The molecule has 2 heterocycles. The van der Waals surface area contributed by atoms with Crippen LogP contribution in [0.4, 0.5) is 17.1 Å².